The van der Waals surface area contributed by atoms with E-state index < -0.39 is 0 Å². The Morgan fingerprint density at radius 3 is 2.74 bits per heavy atom. The van der Waals surface area contributed by atoms with Crippen molar-refractivity contribution < 1.29 is 4.79 Å². The average Bonchev–Trinajstić information content (AvgIpc) is 2.81. The Morgan fingerprint density at radius 2 is 1.95 bits per heavy atom. The number of hydrogen-bond acceptors (Lipinski definition) is 3. The summed E-state index contributed by atoms with van der Waals surface area (Å²) in [6.45, 7) is 2.04. The number of amides is 1. The molecule has 0 aliphatic carbocycles. The van der Waals surface area contributed by atoms with Crippen LogP contribution < -0.4 is 5.32 Å². The summed E-state index contributed by atoms with van der Waals surface area (Å²) in [6.07, 6.45) is 0. The van der Waals surface area contributed by atoms with Gasteiger partial charge in [-0.05, 0) is 36.8 Å². The molecule has 94 valence electrons. The molecule has 3 rings (SSSR count). The van der Waals surface area contributed by atoms with Gasteiger partial charge in [0.2, 0.25) is 0 Å². The van der Waals surface area contributed by atoms with Crippen molar-refractivity contribution in [1.29, 1.82) is 0 Å². The second kappa shape index (κ2) is 4.82. The first-order valence-corrected chi connectivity index (χ1v) is 6.77. The maximum absolute atomic E-state index is 12.0. The molecule has 2 aromatic carbocycles. The summed E-state index contributed by atoms with van der Waals surface area (Å²) in [5.74, 6) is -0.128. The van der Waals surface area contributed by atoms with Crippen LogP contribution in [0.1, 0.15) is 15.9 Å². The molecular formula is C15H12N2OS. The second-order valence-corrected chi connectivity index (χ2v) is 5.34. The van der Waals surface area contributed by atoms with Gasteiger partial charge in [-0.25, -0.2) is 4.98 Å². The van der Waals surface area contributed by atoms with Crippen LogP contribution in [0.25, 0.3) is 10.2 Å². The summed E-state index contributed by atoms with van der Waals surface area (Å²) in [7, 11) is 0. The number of nitrogens with zero attached hydrogens (tertiary/aromatic N) is 1. The minimum atomic E-state index is -0.128. The molecule has 0 saturated carbocycles. The Bertz CT molecular complexity index is 734. The zero-order valence-electron chi connectivity index (χ0n) is 10.4. The van der Waals surface area contributed by atoms with Crippen molar-refractivity contribution in [1.82, 2.24) is 4.98 Å². The van der Waals surface area contributed by atoms with Crippen LogP contribution in [0.15, 0.2) is 48.5 Å². The van der Waals surface area contributed by atoms with Gasteiger partial charge in [0.15, 0.2) is 5.13 Å². The molecule has 0 spiro atoms. The van der Waals surface area contributed by atoms with E-state index in [9.17, 15) is 4.79 Å². The molecular weight excluding hydrogens is 256 g/mol. The molecule has 1 aromatic heterocycles. The van der Waals surface area contributed by atoms with E-state index in [0.29, 0.717) is 10.7 Å². The number of rotatable bonds is 2. The van der Waals surface area contributed by atoms with Crippen molar-refractivity contribution in [2.75, 3.05) is 5.32 Å². The van der Waals surface area contributed by atoms with Gasteiger partial charge in [-0.3, -0.25) is 10.1 Å². The molecule has 3 nitrogen and oxygen atoms in total. The second-order valence-electron chi connectivity index (χ2n) is 4.31. The first-order valence-electron chi connectivity index (χ1n) is 5.96. The molecule has 0 fully saturated rings. The molecule has 1 amide bonds. The lowest BCUT2D eigenvalue weighted by Gasteiger charge is -2.00. The monoisotopic (exact) mass is 268 g/mol. The molecule has 1 N–H and O–H groups in total. The fourth-order valence-corrected chi connectivity index (χ4v) is 2.80. The summed E-state index contributed by atoms with van der Waals surface area (Å²) in [6, 6.07) is 15.2. The van der Waals surface area contributed by atoms with E-state index in [-0.39, 0.29) is 5.91 Å². The van der Waals surface area contributed by atoms with E-state index >= 15 is 0 Å². The third-order valence-corrected chi connectivity index (χ3v) is 3.73. The fraction of sp³-hybridized carbons (Fsp3) is 0.0667. The van der Waals surface area contributed by atoms with E-state index in [1.54, 1.807) is 12.1 Å². The van der Waals surface area contributed by atoms with Gasteiger partial charge in [0.25, 0.3) is 5.91 Å². The number of anilines is 1. The third-order valence-electron chi connectivity index (χ3n) is 2.80. The van der Waals surface area contributed by atoms with Gasteiger partial charge in [-0.2, -0.15) is 0 Å². The number of aromatic nitrogens is 1. The average molecular weight is 268 g/mol. The van der Waals surface area contributed by atoms with E-state index in [1.165, 1.54) is 16.9 Å². The fourth-order valence-electron chi connectivity index (χ4n) is 1.84. The quantitative estimate of drug-likeness (QED) is 0.767. The molecule has 0 radical (unpaired) electrons. The number of aryl methyl sites for hydroxylation is 1. The lowest BCUT2D eigenvalue weighted by Crippen LogP contribution is -2.11. The standard InChI is InChI=1S/C15H12N2OS/c1-10-7-8-12-13(9-10)19-15(16-12)17-14(18)11-5-3-2-4-6-11/h2-9H,1H3,(H,16,17,18). The maximum Gasteiger partial charge on any atom is 0.257 e. The van der Waals surface area contributed by atoms with E-state index in [1.807, 2.05) is 37.3 Å². The minimum absolute atomic E-state index is 0.128. The van der Waals surface area contributed by atoms with Crippen LogP contribution in [-0.2, 0) is 0 Å². The minimum Gasteiger partial charge on any atom is -0.298 e. The molecule has 0 atom stereocenters. The van der Waals surface area contributed by atoms with Crippen LogP contribution in [0, 0.1) is 6.92 Å². The largest absolute Gasteiger partial charge is 0.298 e. The van der Waals surface area contributed by atoms with Crippen LogP contribution in [-0.4, -0.2) is 10.9 Å². The first kappa shape index (κ1) is 11.9. The topological polar surface area (TPSA) is 42.0 Å². The lowest BCUT2D eigenvalue weighted by atomic mass is 10.2. The Labute approximate surface area is 114 Å². The normalized spacial score (nSPS) is 10.6. The number of carbonyl (C=O) groups is 1. The zero-order chi connectivity index (χ0) is 13.2. The molecule has 0 aliphatic heterocycles. The highest BCUT2D eigenvalue weighted by molar-refractivity contribution is 7.22. The van der Waals surface area contributed by atoms with Crippen molar-refractivity contribution >= 4 is 32.6 Å². The van der Waals surface area contributed by atoms with Crippen LogP contribution in [0.5, 0.6) is 0 Å². The third kappa shape index (κ3) is 2.48. The van der Waals surface area contributed by atoms with E-state index in [0.717, 1.165) is 10.2 Å². The van der Waals surface area contributed by atoms with E-state index in [4.69, 9.17) is 0 Å². The molecule has 3 aromatic rings. The van der Waals surface area contributed by atoms with Crippen molar-refractivity contribution in [2.45, 2.75) is 6.92 Å². The van der Waals surface area contributed by atoms with Crippen molar-refractivity contribution in [2.24, 2.45) is 0 Å². The van der Waals surface area contributed by atoms with Gasteiger partial charge in [-0.15, -0.1) is 0 Å². The maximum atomic E-state index is 12.0. The summed E-state index contributed by atoms with van der Waals surface area (Å²) in [5, 5.41) is 3.47. The predicted octanol–water partition coefficient (Wildman–Crippen LogP) is 3.86. The smallest absolute Gasteiger partial charge is 0.257 e. The van der Waals surface area contributed by atoms with Crippen LogP contribution in [0.2, 0.25) is 0 Å². The van der Waals surface area contributed by atoms with Crippen LogP contribution >= 0.6 is 11.3 Å². The number of fused-ring (bicyclic) bond motifs is 1. The molecule has 1 heterocycles. The highest BCUT2D eigenvalue weighted by Gasteiger charge is 2.09. The molecule has 0 bridgehead atoms. The number of carbonyl (C=O) groups excluding carboxylic acids is 1. The number of benzene rings is 2. The zero-order valence-corrected chi connectivity index (χ0v) is 11.2. The summed E-state index contributed by atoms with van der Waals surface area (Å²) < 4.78 is 1.09. The number of nitrogens with one attached hydrogen (secondary N) is 1. The molecule has 0 unspecified atom stereocenters. The summed E-state index contributed by atoms with van der Waals surface area (Å²) in [5.41, 5.74) is 2.74. The van der Waals surface area contributed by atoms with Crippen LogP contribution in [0.3, 0.4) is 0 Å². The lowest BCUT2D eigenvalue weighted by molar-refractivity contribution is 0.102. The Kier molecular flexibility index (Phi) is 3.01. The van der Waals surface area contributed by atoms with Gasteiger partial charge in [0.05, 0.1) is 10.2 Å². The highest BCUT2D eigenvalue weighted by atomic mass is 32.1. The summed E-state index contributed by atoms with van der Waals surface area (Å²) in [4.78, 5) is 16.4. The first-order chi connectivity index (χ1) is 9.22. The van der Waals surface area contributed by atoms with Gasteiger partial charge in [-0.1, -0.05) is 35.6 Å². The Hall–Kier alpha value is -2.20. The van der Waals surface area contributed by atoms with Crippen LogP contribution in [0.4, 0.5) is 5.13 Å². The Morgan fingerprint density at radius 1 is 1.16 bits per heavy atom. The molecule has 19 heavy (non-hydrogen) atoms. The van der Waals surface area contributed by atoms with Crippen molar-refractivity contribution in [3.63, 3.8) is 0 Å². The molecule has 0 saturated heterocycles. The van der Waals surface area contributed by atoms with Gasteiger partial charge < -0.3 is 0 Å². The van der Waals surface area contributed by atoms with Gasteiger partial charge >= 0.3 is 0 Å². The highest BCUT2D eigenvalue weighted by Crippen LogP contribution is 2.26. The SMILES string of the molecule is Cc1ccc2nc(NC(=O)c3ccccc3)sc2c1. The Balaban J connectivity index is 1.87. The van der Waals surface area contributed by atoms with Crippen molar-refractivity contribution in [3.8, 4) is 0 Å². The predicted molar refractivity (Wildman–Crippen MR) is 78.8 cm³/mol. The molecule has 4 heteroatoms. The van der Waals surface area contributed by atoms with Gasteiger partial charge in [0, 0.05) is 5.56 Å². The summed E-state index contributed by atoms with van der Waals surface area (Å²) >= 11 is 1.49. The van der Waals surface area contributed by atoms with Gasteiger partial charge in [0.1, 0.15) is 0 Å². The van der Waals surface area contributed by atoms with Crippen molar-refractivity contribution in [3.05, 3.63) is 59.7 Å². The van der Waals surface area contributed by atoms with E-state index in [2.05, 4.69) is 16.4 Å². The molecule has 0 aliphatic rings. The number of thiazole rings is 1. The number of hydrogen-bond donors (Lipinski definition) is 1.